The van der Waals surface area contributed by atoms with Crippen molar-refractivity contribution >= 4 is 46.3 Å². The van der Waals surface area contributed by atoms with Crippen molar-refractivity contribution in [3.8, 4) is 0 Å². The standard InChI is InChI=1S/C12H10Cl2N2O3/c13-6-4-7(14)10-8(5-6)15-12(19-10)16-3-1-2-9(16)11(17)18/h4-5,9H,1-3H2,(H,17,18)/t9-/m0/s1. The molecule has 3 rings (SSSR count). The van der Waals surface area contributed by atoms with E-state index >= 15 is 0 Å². The molecule has 0 saturated carbocycles. The molecule has 0 radical (unpaired) electrons. The lowest BCUT2D eigenvalue weighted by atomic mass is 10.2. The predicted molar refractivity (Wildman–Crippen MR) is 72.0 cm³/mol. The maximum atomic E-state index is 11.2. The van der Waals surface area contributed by atoms with Gasteiger partial charge < -0.3 is 14.4 Å². The first kappa shape index (κ1) is 12.6. The molecular weight excluding hydrogens is 291 g/mol. The van der Waals surface area contributed by atoms with Crippen LogP contribution in [0.3, 0.4) is 0 Å². The third-order valence-corrected chi connectivity index (χ3v) is 3.68. The highest BCUT2D eigenvalue weighted by molar-refractivity contribution is 6.38. The number of carbonyl (C=O) groups is 1. The Morgan fingerprint density at radius 1 is 1.47 bits per heavy atom. The fraction of sp³-hybridized carbons (Fsp3) is 0.333. The van der Waals surface area contributed by atoms with Crippen LogP contribution in [-0.4, -0.2) is 28.6 Å². The lowest BCUT2D eigenvalue weighted by molar-refractivity contribution is -0.138. The van der Waals surface area contributed by atoms with Gasteiger partial charge in [0.25, 0.3) is 6.01 Å². The molecule has 2 heterocycles. The van der Waals surface area contributed by atoms with Crippen LogP contribution in [0.2, 0.25) is 10.0 Å². The second-order valence-electron chi connectivity index (χ2n) is 4.42. The molecule has 7 heteroatoms. The topological polar surface area (TPSA) is 66.6 Å². The Bertz CT molecular complexity index is 656. The van der Waals surface area contributed by atoms with Crippen molar-refractivity contribution in [2.45, 2.75) is 18.9 Å². The monoisotopic (exact) mass is 300 g/mol. The van der Waals surface area contributed by atoms with Gasteiger partial charge in [-0.2, -0.15) is 4.98 Å². The van der Waals surface area contributed by atoms with Crippen molar-refractivity contribution < 1.29 is 14.3 Å². The Kier molecular flexibility index (Phi) is 3.03. The molecule has 0 amide bonds. The van der Waals surface area contributed by atoms with E-state index in [-0.39, 0.29) is 6.01 Å². The molecule has 100 valence electrons. The molecule has 1 N–H and O–H groups in total. The highest BCUT2D eigenvalue weighted by atomic mass is 35.5. The summed E-state index contributed by atoms with van der Waals surface area (Å²) in [7, 11) is 0. The number of fused-ring (bicyclic) bond motifs is 1. The first-order chi connectivity index (χ1) is 9.06. The molecule has 0 unspecified atom stereocenters. The molecule has 1 atom stereocenters. The molecule has 5 nitrogen and oxygen atoms in total. The van der Waals surface area contributed by atoms with Crippen molar-refractivity contribution in [2.24, 2.45) is 0 Å². The van der Waals surface area contributed by atoms with Crippen LogP contribution in [0.25, 0.3) is 11.1 Å². The maximum Gasteiger partial charge on any atom is 0.326 e. The number of carboxylic acid groups (broad SMARTS) is 1. The molecule has 1 aromatic carbocycles. The zero-order valence-corrected chi connectivity index (χ0v) is 11.3. The van der Waals surface area contributed by atoms with Crippen molar-refractivity contribution in [3.05, 3.63) is 22.2 Å². The van der Waals surface area contributed by atoms with E-state index in [0.717, 1.165) is 6.42 Å². The van der Waals surface area contributed by atoms with Crippen LogP contribution in [0.4, 0.5) is 6.01 Å². The van der Waals surface area contributed by atoms with E-state index in [1.165, 1.54) is 0 Å². The zero-order valence-electron chi connectivity index (χ0n) is 9.77. The molecule has 1 fully saturated rings. The molecule has 0 aliphatic carbocycles. The Hall–Kier alpha value is -1.46. The van der Waals surface area contributed by atoms with Gasteiger partial charge in [0, 0.05) is 11.6 Å². The number of anilines is 1. The first-order valence-electron chi connectivity index (χ1n) is 5.81. The predicted octanol–water partition coefficient (Wildman–Crippen LogP) is 3.19. The fourth-order valence-corrected chi connectivity index (χ4v) is 2.84. The number of aromatic nitrogens is 1. The average Bonchev–Trinajstić information content (AvgIpc) is 2.92. The number of halogens is 2. The summed E-state index contributed by atoms with van der Waals surface area (Å²) in [5, 5.41) is 9.99. The van der Waals surface area contributed by atoms with E-state index in [2.05, 4.69) is 4.98 Å². The number of aliphatic carboxylic acids is 1. The zero-order chi connectivity index (χ0) is 13.6. The Morgan fingerprint density at radius 2 is 2.26 bits per heavy atom. The number of hydrogen-bond acceptors (Lipinski definition) is 4. The van der Waals surface area contributed by atoms with E-state index in [4.69, 9.17) is 32.7 Å². The Morgan fingerprint density at radius 3 is 3.00 bits per heavy atom. The van der Waals surface area contributed by atoms with Crippen molar-refractivity contribution in [1.82, 2.24) is 4.98 Å². The largest absolute Gasteiger partial charge is 0.480 e. The van der Waals surface area contributed by atoms with Gasteiger partial charge in [0.1, 0.15) is 11.6 Å². The highest BCUT2D eigenvalue weighted by Crippen LogP contribution is 2.33. The normalized spacial score (nSPS) is 19.3. The van der Waals surface area contributed by atoms with E-state index in [0.29, 0.717) is 34.1 Å². The van der Waals surface area contributed by atoms with Crippen LogP contribution in [0.5, 0.6) is 0 Å². The number of nitrogens with zero attached hydrogens (tertiary/aromatic N) is 2. The first-order valence-corrected chi connectivity index (χ1v) is 6.57. The van der Waals surface area contributed by atoms with Crippen LogP contribution in [0.1, 0.15) is 12.8 Å². The summed E-state index contributed by atoms with van der Waals surface area (Å²) < 4.78 is 5.58. The summed E-state index contributed by atoms with van der Waals surface area (Å²) in [4.78, 5) is 17.1. The van der Waals surface area contributed by atoms with Gasteiger partial charge in [-0.3, -0.25) is 0 Å². The van der Waals surface area contributed by atoms with E-state index in [1.54, 1.807) is 17.0 Å². The van der Waals surface area contributed by atoms with Crippen molar-refractivity contribution in [1.29, 1.82) is 0 Å². The molecule has 2 aromatic rings. The highest BCUT2D eigenvalue weighted by Gasteiger charge is 2.33. The minimum atomic E-state index is -0.871. The third-order valence-electron chi connectivity index (χ3n) is 3.18. The van der Waals surface area contributed by atoms with Crippen molar-refractivity contribution in [2.75, 3.05) is 11.4 Å². The number of oxazole rings is 1. The molecule has 1 saturated heterocycles. The molecule has 1 aliphatic heterocycles. The lowest BCUT2D eigenvalue weighted by Crippen LogP contribution is -2.36. The summed E-state index contributed by atoms with van der Waals surface area (Å²) in [6.07, 6.45) is 1.38. The summed E-state index contributed by atoms with van der Waals surface area (Å²) in [6, 6.07) is 2.90. The quantitative estimate of drug-likeness (QED) is 0.922. The number of rotatable bonds is 2. The third kappa shape index (κ3) is 2.13. The van der Waals surface area contributed by atoms with Gasteiger partial charge in [-0.25, -0.2) is 4.79 Å². The van der Waals surface area contributed by atoms with Crippen LogP contribution < -0.4 is 4.90 Å². The van der Waals surface area contributed by atoms with Crippen LogP contribution in [0.15, 0.2) is 16.5 Å². The molecule has 19 heavy (non-hydrogen) atoms. The maximum absolute atomic E-state index is 11.2. The second-order valence-corrected chi connectivity index (χ2v) is 5.27. The van der Waals surface area contributed by atoms with Gasteiger partial charge in [-0.15, -0.1) is 0 Å². The average molecular weight is 301 g/mol. The second kappa shape index (κ2) is 4.58. The Balaban J connectivity index is 2.06. The SMILES string of the molecule is O=C(O)[C@@H]1CCCN1c1nc2cc(Cl)cc(Cl)c2o1. The smallest absolute Gasteiger partial charge is 0.326 e. The van der Waals surface area contributed by atoms with Gasteiger partial charge >= 0.3 is 5.97 Å². The van der Waals surface area contributed by atoms with E-state index in [1.807, 2.05) is 0 Å². The lowest BCUT2D eigenvalue weighted by Gasteiger charge is -2.18. The molecule has 1 aromatic heterocycles. The summed E-state index contributed by atoms with van der Waals surface area (Å²) >= 11 is 11.9. The Labute approximate surface area is 118 Å². The molecule has 0 bridgehead atoms. The summed E-state index contributed by atoms with van der Waals surface area (Å²) in [5.74, 6) is -0.871. The van der Waals surface area contributed by atoms with Gasteiger partial charge in [0.2, 0.25) is 0 Å². The van der Waals surface area contributed by atoms with Crippen molar-refractivity contribution in [3.63, 3.8) is 0 Å². The van der Waals surface area contributed by atoms with Gasteiger partial charge in [0.15, 0.2) is 5.58 Å². The number of carboxylic acids is 1. The summed E-state index contributed by atoms with van der Waals surface area (Å²) in [5.41, 5.74) is 0.959. The minimum absolute atomic E-state index is 0.282. The minimum Gasteiger partial charge on any atom is -0.480 e. The molecular formula is C12H10Cl2N2O3. The molecule has 1 aliphatic rings. The van der Waals surface area contributed by atoms with Gasteiger partial charge in [0.05, 0.1) is 5.02 Å². The number of benzene rings is 1. The fourth-order valence-electron chi connectivity index (χ4n) is 2.32. The van der Waals surface area contributed by atoms with Crippen LogP contribution in [-0.2, 0) is 4.79 Å². The number of hydrogen-bond donors (Lipinski definition) is 1. The van der Waals surface area contributed by atoms with E-state index in [9.17, 15) is 4.79 Å². The summed E-state index contributed by atoms with van der Waals surface area (Å²) in [6.45, 7) is 0.606. The van der Waals surface area contributed by atoms with E-state index < -0.39 is 12.0 Å². The van der Waals surface area contributed by atoms with Gasteiger partial charge in [-0.1, -0.05) is 23.2 Å². The van der Waals surface area contributed by atoms with Crippen LogP contribution in [0, 0.1) is 0 Å². The van der Waals surface area contributed by atoms with Gasteiger partial charge in [-0.05, 0) is 25.0 Å². The van der Waals surface area contributed by atoms with Crippen LogP contribution >= 0.6 is 23.2 Å². The molecule has 0 spiro atoms.